The molecule has 23 heavy (non-hydrogen) atoms. The summed E-state index contributed by atoms with van der Waals surface area (Å²) in [7, 11) is 0. The lowest BCUT2D eigenvalue weighted by molar-refractivity contribution is 0.151. The first kappa shape index (κ1) is 16.3. The second-order valence-corrected chi connectivity index (χ2v) is 6.57. The molecule has 4 nitrogen and oxygen atoms in total. The minimum Gasteiger partial charge on any atom is -0.488 e. The van der Waals surface area contributed by atoms with Crippen LogP contribution >= 0.6 is 23.2 Å². The monoisotopic (exact) mass is 351 g/mol. The Balaban J connectivity index is 1.90. The highest BCUT2D eigenvalue weighted by Gasteiger charge is 2.18. The largest absolute Gasteiger partial charge is 0.488 e. The van der Waals surface area contributed by atoms with Crippen LogP contribution in [0, 0.1) is 0 Å². The fraction of sp³-hybridized carbons (Fsp3) is 0.412. The van der Waals surface area contributed by atoms with Gasteiger partial charge in [0.2, 0.25) is 0 Å². The lowest BCUT2D eigenvalue weighted by Gasteiger charge is -2.20. The summed E-state index contributed by atoms with van der Waals surface area (Å²) in [5.41, 5.74) is 0.816. The molecule has 0 N–H and O–H groups in total. The molecule has 0 saturated heterocycles. The van der Waals surface area contributed by atoms with Gasteiger partial charge in [-0.1, -0.05) is 36.0 Å². The number of hydrogen-bond acceptors (Lipinski definition) is 3. The zero-order valence-corrected chi connectivity index (χ0v) is 14.3. The Bertz CT molecular complexity index is 662. The van der Waals surface area contributed by atoms with Crippen molar-refractivity contribution in [3.8, 4) is 0 Å². The molecular formula is C17H19Cl2N3O. The first-order valence-electron chi connectivity index (χ1n) is 7.90. The molecule has 1 heterocycles. The third kappa shape index (κ3) is 4.49. The van der Waals surface area contributed by atoms with E-state index in [4.69, 9.17) is 27.9 Å². The fourth-order valence-corrected chi connectivity index (χ4v) is 3.30. The molecule has 0 aliphatic heterocycles. The number of ether oxygens (including phenoxy) is 1. The maximum atomic E-state index is 6.36. The molecule has 0 amide bonds. The van der Waals surface area contributed by atoms with E-state index in [1.165, 1.54) is 32.0 Å². The Morgan fingerprint density at radius 2 is 1.96 bits per heavy atom. The van der Waals surface area contributed by atoms with Crippen molar-refractivity contribution in [1.82, 2.24) is 14.8 Å². The van der Waals surface area contributed by atoms with Crippen molar-refractivity contribution in [2.24, 2.45) is 0 Å². The number of halogens is 2. The average molecular weight is 352 g/mol. The predicted octanol–water partition coefficient (Wildman–Crippen LogP) is 5.28. The van der Waals surface area contributed by atoms with Gasteiger partial charge in [0.1, 0.15) is 18.4 Å². The summed E-state index contributed by atoms with van der Waals surface area (Å²) in [5, 5.41) is 5.29. The van der Waals surface area contributed by atoms with E-state index in [2.05, 4.69) is 10.1 Å². The fourth-order valence-electron chi connectivity index (χ4n) is 2.80. The van der Waals surface area contributed by atoms with Crippen molar-refractivity contribution >= 4 is 35.2 Å². The van der Waals surface area contributed by atoms with Crippen LogP contribution in [0.15, 0.2) is 30.9 Å². The molecule has 0 spiro atoms. The Morgan fingerprint density at radius 3 is 2.61 bits per heavy atom. The molecule has 1 aromatic carbocycles. The summed E-state index contributed by atoms with van der Waals surface area (Å²) >= 11 is 12.4. The quantitative estimate of drug-likeness (QED) is 0.555. The second-order valence-electron chi connectivity index (χ2n) is 5.72. The molecule has 3 rings (SSSR count). The summed E-state index contributed by atoms with van der Waals surface area (Å²) in [6, 6.07) is 5.42. The van der Waals surface area contributed by atoms with Gasteiger partial charge in [0.25, 0.3) is 0 Å². The first-order chi connectivity index (χ1) is 11.2. The predicted molar refractivity (Wildman–Crippen MR) is 93.2 cm³/mol. The van der Waals surface area contributed by atoms with Gasteiger partial charge in [0, 0.05) is 10.6 Å². The highest BCUT2D eigenvalue weighted by Crippen LogP contribution is 2.31. The third-order valence-electron chi connectivity index (χ3n) is 3.98. The number of hydrogen-bond donors (Lipinski definition) is 0. The van der Waals surface area contributed by atoms with Crippen LogP contribution in [0.1, 0.15) is 44.1 Å². The SMILES string of the molecule is Clc1ccc(/C(=C/n2cncn2)OC2CCCCCC2)c(Cl)c1. The number of rotatable bonds is 4. The molecule has 1 aliphatic carbocycles. The maximum absolute atomic E-state index is 6.36. The molecule has 1 saturated carbocycles. The minimum absolute atomic E-state index is 0.207. The molecule has 2 aromatic rings. The Hall–Kier alpha value is -1.52. The summed E-state index contributed by atoms with van der Waals surface area (Å²) < 4.78 is 7.92. The zero-order valence-electron chi connectivity index (χ0n) is 12.8. The molecule has 122 valence electrons. The molecule has 0 unspecified atom stereocenters. The zero-order chi connectivity index (χ0) is 16.1. The third-order valence-corrected chi connectivity index (χ3v) is 4.53. The topological polar surface area (TPSA) is 39.9 Å². The highest BCUT2D eigenvalue weighted by molar-refractivity contribution is 6.35. The molecule has 0 radical (unpaired) electrons. The van der Waals surface area contributed by atoms with Crippen molar-refractivity contribution in [1.29, 1.82) is 0 Å². The van der Waals surface area contributed by atoms with Gasteiger partial charge in [-0.05, 0) is 43.9 Å². The van der Waals surface area contributed by atoms with E-state index in [1.807, 2.05) is 18.3 Å². The summed E-state index contributed by atoms with van der Waals surface area (Å²) in [4.78, 5) is 3.96. The molecule has 1 fully saturated rings. The van der Waals surface area contributed by atoms with Crippen LogP contribution in [0.5, 0.6) is 0 Å². The second kappa shape index (κ2) is 7.84. The van der Waals surface area contributed by atoms with Crippen LogP contribution in [0.4, 0.5) is 0 Å². The number of aromatic nitrogens is 3. The number of benzene rings is 1. The standard InChI is InChI=1S/C17H19Cl2N3O/c18-13-7-8-15(16(19)9-13)17(10-22-12-20-11-21-22)23-14-5-3-1-2-4-6-14/h7-12,14H,1-6H2/b17-10-. The van der Waals surface area contributed by atoms with E-state index in [1.54, 1.807) is 17.1 Å². The van der Waals surface area contributed by atoms with Crippen LogP contribution < -0.4 is 0 Å². The summed E-state index contributed by atoms with van der Waals surface area (Å²) in [5.74, 6) is 0.698. The van der Waals surface area contributed by atoms with Crippen LogP contribution in [0.25, 0.3) is 12.0 Å². The molecule has 6 heteroatoms. The lowest BCUT2D eigenvalue weighted by atomic mass is 10.1. The van der Waals surface area contributed by atoms with Gasteiger partial charge >= 0.3 is 0 Å². The number of nitrogens with zero attached hydrogens (tertiary/aromatic N) is 3. The van der Waals surface area contributed by atoms with Gasteiger partial charge < -0.3 is 4.74 Å². The molecule has 0 bridgehead atoms. The van der Waals surface area contributed by atoms with E-state index in [0.29, 0.717) is 15.8 Å². The van der Waals surface area contributed by atoms with E-state index in [-0.39, 0.29) is 6.10 Å². The van der Waals surface area contributed by atoms with Crippen LogP contribution in [-0.2, 0) is 4.74 Å². The molecule has 0 atom stereocenters. The van der Waals surface area contributed by atoms with Gasteiger partial charge in [-0.3, -0.25) is 0 Å². The van der Waals surface area contributed by atoms with Gasteiger partial charge in [-0.2, -0.15) is 5.10 Å². The molecule has 1 aromatic heterocycles. The van der Waals surface area contributed by atoms with Gasteiger partial charge in [-0.15, -0.1) is 0 Å². The highest BCUT2D eigenvalue weighted by atomic mass is 35.5. The minimum atomic E-state index is 0.207. The van der Waals surface area contributed by atoms with E-state index in [9.17, 15) is 0 Å². The Morgan fingerprint density at radius 1 is 1.17 bits per heavy atom. The van der Waals surface area contributed by atoms with Crippen molar-refractivity contribution in [2.45, 2.75) is 44.6 Å². The average Bonchev–Trinajstić information content (AvgIpc) is 2.89. The van der Waals surface area contributed by atoms with Gasteiger partial charge in [0.05, 0.1) is 17.3 Å². The molecule has 1 aliphatic rings. The van der Waals surface area contributed by atoms with Gasteiger partial charge in [-0.25, -0.2) is 9.67 Å². The normalized spacial score (nSPS) is 17.0. The van der Waals surface area contributed by atoms with Crippen LogP contribution in [0.2, 0.25) is 10.0 Å². The lowest BCUT2D eigenvalue weighted by Crippen LogP contribution is -2.11. The maximum Gasteiger partial charge on any atom is 0.146 e. The van der Waals surface area contributed by atoms with Crippen LogP contribution in [0.3, 0.4) is 0 Å². The van der Waals surface area contributed by atoms with Crippen molar-refractivity contribution in [3.05, 3.63) is 46.5 Å². The Labute approximate surface area is 146 Å². The smallest absolute Gasteiger partial charge is 0.146 e. The van der Waals surface area contributed by atoms with Crippen molar-refractivity contribution in [3.63, 3.8) is 0 Å². The first-order valence-corrected chi connectivity index (χ1v) is 8.66. The van der Waals surface area contributed by atoms with Gasteiger partial charge in [0.15, 0.2) is 0 Å². The van der Waals surface area contributed by atoms with Crippen molar-refractivity contribution in [2.75, 3.05) is 0 Å². The summed E-state index contributed by atoms with van der Waals surface area (Å²) in [6.45, 7) is 0. The van der Waals surface area contributed by atoms with Crippen LogP contribution in [-0.4, -0.2) is 20.9 Å². The molecular weight excluding hydrogens is 333 g/mol. The van der Waals surface area contributed by atoms with E-state index < -0.39 is 0 Å². The Kier molecular flexibility index (Phi) is 5.57. The van der Waals surface area contributed by atoms with Crippen molar-refractivity contribution < 1.29 is 4.74 Å². The van der Waals surface area contributed by atoms with E-state index in [0.717, 1.165) is 18.4 Å². The summed E-state index contributed by atoms with van der Waals surface area (Å²) in [6.07, 6.45) is 12.2. The van der Waals surface area contributed by atoms with E-state index >= 15 is 0 Å².